The first-order valence-corrected chi connectivity index (χ1v) is 6.87. The molecule has 106 valence electrons. The van der Waals surface area contributed by atoms with Crippen molar-refractivity contribution in [2.75, 3.05) is 5.88 Å². The van der Waals surface area contributed by atoms with Gasteiger partial charge >= 0.3 is 0 Å². The van der Waals surface area contributed by atoms with Crippen molar-refractivity contribution < 1.29 is 4.39 Å². The van der Waals surface area contributed by atoms with Crippen molar-refractivity contribution in [3.8, 4) is 0 Å². The van der Waals surface area contributed by atoms with E-state index in [0.717, 1.165) is 0 Å². The lowest BCUT2D eigenvalue weighted by Crippen LogP contribution is -2.18. The number of nitrogens with one attached hydrogen (secondary N) is 1. The molecule has 0 saturated carbocycles. The minimum Gasteiger partial charge on any atom is -0.323 e. The number of hydrazone groups is 1. The van der Waals surface area contributed by atoms with Crippen molar-refractivity contribution in [2.24, 2.45) is 10.9 Å². The van der Waals surface area contributed by atoms with Crippen molar-refractivity contribution in [1.82, 2.24) is 10.2 Å². The van der Waals surface area contributed by atoms with Crippen LogP contribution in [-0.2, 0) is 0 Å². The Morgan fingerprint density at radius 1 is 1.40 bits per heavy atom. The average molecular weight is 315 g/mol. The third kappa shape index (κ3) is 3.11. The van der Waals surface area contributed by atoms with Gasteiger partial charge in [0.1, 0.15) is 5.82 Å². The highest BCUT2D eigenvalue weighted by Crippen LogP contribution is 2.29. The van der Waals surface area contributed by atoms with Crippen LogP contribution in [0.4, 0.5) is 4.39 Å². The number of rotatable bonds is 5. The van der Waals surface area contributed by atoms with Crippen molar-refractivity contribution >= 4 is 28.9 Å². The van der Waals surface area contributed by atoms with E-state index in [2.05, 4.69) is 15.3 Å². The number of alkyl halides is 1. The third-order valence-electron chi connectivity index (χ3n) is 2.96. The van der Waals surface area contributed by atoms with Gasteiger partial charge in [0.15, 0.2) is 0 Å². The second-order valence-corrected chi connectivity index (χ2v) is 4.96. The SMILES string of the molecule is NN=C(c1ccc(F)cc1)C(CCCl)c1n[nH]cc1Cl. The molecule has 1 aromatic carbocycles. The first-order chi connectivity index (χ1) is 9.67. The zero-order chi connectivity index (χ0) is 14.5. The maximum atomic E-state index is 13.0. The molecule has 0 radical (unpaired) electrons. The summed E-state index contributed by atoms with van der Waals surface area (Å²) in [5, 5.41) is 11.1. The van der Waals surface area contributed by atoms with Gasteiger partial charge in [-0.05, 0) is 24.1 Å². The Hall–Kier alpha value is -1.59. The summed E-state index contributed by atoms with van der Waals surface area (Å²) in [6.45, 7) is 0. The van der Waals surface area contributed by atoms with Crippen molar-refractivity contribution in [3.63, 3.8) is 0 Å². The predicted molar refractivity (Wildman–Crippen MR) is 78.8 cm³/mol. The molecular formula is C13H13Cl2FN4. The number of H-pyrrole nitrogens is 1. The van der Waals surface area contributed by atoms with Crippen LogP contribution < -0.4 is 5.84 Å². The van der Waals surface area contributed by atoms with Crippen LogP contribution in [0.15, 0.2) is 35.6 Å². The van der Waals surface area contributed by atoms with Gasteiger partial charge in [-0.2, -0.15) is 10.2 Å². The van der Waals surface area contributed by atoms with E-state index in [1.54, 1.807) is 18.3 Å². The van der Waals surface area contributed by atoms with E-state index in [4.69, 9.17) is 29.0 Å². The van der Waals surface area contributed by atoms with E-state index >= 15 is 0 Å². The number of nitrogens with zero attached hydrogens (tertiary/aromatic N) is 2. The van der Waals surface area contributed by atoms with Crippen LogP contribution in [0.3, 0.4) is 0 Å². The molecule has 1 unspecified atom stereocenters. The quantitative estimate of drug-likeness (QED) is 0.385. The molecule has 0 bridgehead atoms. The molecule has 0 aliphatic heterocycles. The molecule has 0 amide bonds. The lowest BCUT2D eigenvalue weighted by atomic mass is 9.91. The maximum Gasteiger partial charge on any atom is 0.123 e. The van der Waals surface area contributed by atoms with Gasteiger partial charge in [0, 0.05) is 12.1 Å². The van der Waals surface area contributed by atoms with E-state index in [9.17, 15) is 4.39 Å². The molecule has 0 aliphatic carbocycles. The second kappa shape index (κ2) is 6.72. The third-order valence-corrected chi connectivity index (χ3v) is 3.48. The zero-order valence-electron chi connectivity index (χ0n) is 10.5. The van der Waals surface area contributed by atoms with Gasteiger partial charge < -0.3 is 5.84 Å². The molecule has 1 heterocycles. The molecule has 20 heavy (non-hydrogen) atoms. The fraction of sp³-hybridized carbons (Fsp3) is 0.231. The van der Waals surface area contributed by atoms with Crippen molar-refractivity contribution in [3.05, 3.63) is 52.6 Å². The molecule has 7 heteroatoms. The number of hydrogen-bond acceptors (Lipinski definition) is 3. The van der Waals surface area contributed by atoms with E-state index < -0.39 is 0 Å². The van der Waals surface area contributed by atoms with Gasteiger partial charge in [0.25, 0.3) is 0 Å². The first kappa shape index (κ1) is 14.8. The van der Waals surface area contributed by atoms with Gasteiger partial charge in [-0.1, -0.05) is 23.7 Å². The van der Waals surface area contributed by atoms with Gasteiger partial charge in [0.05, 0.1) is 22.3 Å². The highest BCUT2D eigenvalue weighted by Gasteiger charge is 2.24. The van der Waals surface area contributed by atoms with Crippen LogP contribution >= 0.6 is 23.2 Å². The summed E-state index contributed by atoms with van der Waals surface area (Å²) >= 11 is 11.9. The van der Waals surface area contributed by atoms with Gasteiger partial charge in [-0.25, -0.2) is 4.39 Å². The van der Waals surface area contributed by atoms with Gasteiger partial charge in [-0.15, -0.1) is 11.6 Å². The number of aromatic nitrogens is 2. The molecule has 0 spiro atoms. The molecule has 1 aromatic heterocycles. The summed E-state index contributed by atoms with van der Waals surface area (Å²) in [7, 11) is 0. The minimum atomic E-state index is -0.322. The fourth-order valence-electron chi connectivity index (χ4n) is 2.03. The minimum absolute atomic E-state index is 0.248. The number of hydrogen-bond donors (Lipinski definition) is 2. The monoisotopic (exact) mass is 314 g/mol. The van der Waals surface area contributed by atoms with Crippen LogP contribution in [0.5, 0.6) is 0 Å². The molecule has 2 rings (SSSR count). The standard InChI is InChI=1S/C13H13Cl2FN4/c14-6-5-10(13-11(15)7-18-20-13)12(19-17)8-1-3-9(16)4-2-8/h1-4,7,10H,5-6,17H2,(H,18,20). The normalized spacial score (nSPS) is 13.4. The Labute approximate surface area is 125 Å². The summed E-state index contributed by atoms with van der Waals surface area (Å²) in [4.78, 5) is 0. The number of halogens is 3. The number of aromatic amines is 1. The number of benzene rings is 1. The summed E-state index contributed by atoms with van der Waals surface area (Å²) < 4.78 is 13.0. The Kier molecular flexibility index (Phi) is 4.98. The van der Waals surface area contributed by atoms with Gasteiger partial charge in [0.2, 0.25) is 0 Å². The Balaban J connectivity index is 2.41. The topological polar surface area (TPSA) is 67.1 Å². The smallest absolute Gasteiger partial charge is 0.123 e. The molecule has 0 fully saturated rings. The summed E-state index contributed by atoms with van der Waals surface area (Å²) in [5.74, 6) is 5.33. The first-order valence-electron chi connectivity index (χ1n) is 5.96. The predicted octanol–water partition coefficient (Wildman–Crippen LogP) is 3.28. The molecule has 0 aliphatic rings. The van der Waals surface area contributed by atoms with E-state index in [0.29, 0.717) is 34.3 Å². The Bertz CT molecular complexity index is 595. The molecule has 0 saturated heterocycles. The summed E-state index contributed by atoms with van der Waals surface area (Å²) in [6, 6.07) is 5.93. The lowest BCUT2D eigenvalue weighted by molar-refractivity contribution is 0.627. The average Bonchev–Trinajstić information content (AvgIpc) is 2.86. The molecule has 1 atom stereocenters. The van der Waals surface area contributed by atoms with E-state index in [-0.39, 0.29) is 11.7 Å². The van der Waals surface area contributed by atoms with Crippen LogP contribution in [0.25, 0.3) is 0 Å². The van der Waals surface area contributed by atoms with E-state index in [1.165, 1.54) is 12.1 Å². The van der Waals surface area contributed by atoms with Crippen molar-refractivity contribution in [2.45, 2.75) is 12.3 Å². The van der Waals surface area contributed by atoms with Crippen LogP contribution in [0, 0.1) is 5.82 Å². The largest absolute Gasteiger partial charge is 0.323 e. The second-order valence-electron chi connectivity index (χ2n) is 4.17. The molecule has 3 N–H and O–H groups in total. The highest BCUT2D eigenvalue weighted by atomic mass is 35.5. The van der Waals surface area contributed by atoms with E-state index in [1.807, 2.05) is 0 Å². The number of nitrogens with two attached hydrogens (primary N) is 1. The Morgan fingerprint density at radius 3 is 2.60 bits per heavy atom. The van der Waals surface area contributed by atoms with Crippen LogP contribution in [0.1, 0.15) is 23.6 Å². The maximum absolute atomic E-state index is 13.0. The van der Waals surface area contributed by atoms with Crippen molar-refractivity contribution in [1.29, 1.82) is 0 Å². The zero-order valence-corrected chi connectivity index (χ0v) is 12.0. The molecular weight excluding hydrogens is 302 g/mol. The summed E-state index contributed by atoms with van der Waals surface area (Å²) in [6.07, 6.45) is 2.15. The van der Waals surface area contributed by atoms with Gasteiger partial charge in [-0.3, -0.25) is 5.10 Å². The Morgan fingerprint density at radius 2 is 2.10 bits per heavy atom. The fourth-order valence-corrected chi connectivity index (χ4v) is 2.47. The summed E-state index contributed by atoms with van der Waals surface area (Å²) in [5.41, 5.74) is 1.91. The van der Waals surface area contributed by atoms with Crippen LogP contribution in [0.2, 0.25) is 5.02 Å². The molecule has 2 aromatic rings. The molecule has 4 nitrogen and oxygen atoms in total. The lowest BCUT2D eigenvalue weighted by Gasteiger charge is -2.16. The van der Waals surface area contributed by atoms with Crippen LogP contribution in [-0.4, -0.2) is 21.8 Å². The highest BCUT2D eigenvalue weighted by molar-refractivity contribution is 6.31.